The lowest BCUT2D eigenvalue weighted by Crippen LogP contribution is -2.42. The van der Waals surface area contributed by atoms with Crippen LogP contribution in [0.4, 0.5) is 10.6 Å². The van der Waals surface area contributed by atoms with E-state index in [0.29, 0.717) is 25.2 Å². The van der Waals surface area contributed by atoms with Gasteiger partial charge in [-0.15, -0.1) is 11.3 Å². The summed E-state index contributed by atoms with van der Waals surface area (Å²) in [6, 6.07) is 9.25. The molecule has 0 fully saturated rings. The smallest absolute Gasteiger partial charge is 0.405 e. The van der Waals surface area contributed by atoms with E-state index in [1.807, 2.05) is 18.2 Å². The number of anilines is 1. The number of aryl methyl sites for hydroxylation is 2. The first-order chi connectivity index (χ1) is 15.8. The lowest BCUT2D eigenvalue weighted by Gasteiger charge is -2.14. The maximum absolute atomic E-state index is 12.7. The molecule has 3 heterocycles. The molecule has 0 bridgehead atoms. The van der Waals surface area contributed by atoms with Crippen molar-refractivity contribution in [2.75, 3.05) is 12.4 Å². The third-order valence-corrected chi connectivity index (χ3v) is 6.92. The summed E-state index contributed by atoms with van der Waals surface area (Å²) in [6.07, 6.45) is 4.35. The van der Waals surface area contributed by atoms with E-state index >= 15 is 0 Å². The fourth-order valence-corrected chi connectivity index (χ4v) is 5.07. The topological polar surface area (TPSA) is 112 Å². The number of pyridine rings is 1. The van der Waals surface area contributed by atoms with E-state index in [9.17, 15) is 14.4 Å². The van der Waals surface area contributed by atoms with Gasteiger partial charge in [-0.1, -0.05) is 18.2 Å². The molecule has 8 nitrogen and oxygen atoms in total. The van der Waals surface area contributed by atoms with Gasteiger partial charge in [0.25, 0.3) is 0 Å². The highest BCUT2D eigenvalue weighted by Gasteiger charge is 2.25. The summed E-state index contributed by atoms with van der Waals surface area (Å²) >= 11 is 1.70. The molecule has 170 valence electrons. The van der Waals surface area contributed by atoms with Crippen LogP contribution in [0.1, 0.15) is 28.0 Å². The third-order valence-electron chi connectivity index (χ3n) is 5.66. The van der Waals surface area contributed by atoms with Crippen LogP contribution in [0.2, 0.25) is 0 Å². The van der Waals surface area contributed by atoms with Crippen molar-refractivity contribution >= 4 is 51.2 Å². The molecule has 3 N–H and O–H groups in total. The number of fused-ring (bicyclic) bond motifs is 2. The largest absolute Gasteiger partial charge is 0.465 e. The van der Waals surface area contributed by atoms with E-state index in [4.69, 9.17) is 5.11 Å². The molecule has 3 aromatic rings. The molecule has 0 saturated heterocycles. The van der Waals surface area contributed by atoms with Crippen LogP contribution in [0, 0.1) is 6.92 Å². The average Bonchev–Trinajstić information content (AvgIpc) is 3.01. The number of aromatic nitrogens is 1. The molecular formula is C24H24N4O4S. The number of benzene rings is 1. The second kappa shape index (κ2) is 9.41. The predicted octanol–water partition coefficient (Wildman–Crippen LogP) is 3.80. The molecule has 33 heavy (non-hydrogen) atoms. The lowest BCUT2D eigenvalue weighted by atomic mass is 10.1. The molecule has 1 aliphatic heterocycles. The summed E-state index contributed by atoms with van der Waals surface area (Å²) < 4.78 is 1.21. The quantitative estimate of drug-likeness (QED) is 0.498. The number of carbonyl (C=O) groups is 3. The Morgan fingerprint density at radius 2 is 2.15 bits per heavy atom. The number of nitrogens with one attached hydrogen (secondary N) is 2. The van der Waals surface area contributed by atoms with Gasteiger partial charge in [-0.2, -0.15) is 0 Å². The molecular weight excluding hydrogens is 440 g/mol. The monoisotopic (exact) mass is 464 g/mol. The highest BCUT2D eigenvalue weighted by atomic mass is 32.1. The molecule has 1 atom stereocenters. The van der Waals surface area contributed by atoms with Gasteiger partial charge in [0.1, 0.15) is 11.9 Å². The molecule has 4 rings (SSSR count). The van der Waals surface area contributed by atoms with Crippen molar-refractivity contribution in [3.05, 3.63) is 64.2 Å². The maximum atomic E-state index is 12.7. The van der Waals surface area contributed by atoms with Crippen molar-refractivity contribution in [1.82, 2.24) is 15.2 Å². The first kappa shape index (κ1) is 22.5. The molecule has 1 aromatic carbocycles. The third kappa shape index (κ3) is 5.04. The SMILES string of the molecule is Cc1c(CN(C)C(=O)C=Cc2cnc3c(c2)CCC(NC(=O)O)C(=O)N3)sc2ccccc12. The molecule has 3 amide bonds. The van der Waals surface area contributed by atoms with Gasteiger partial charge in [-0.3, -0.25) is 9.59 Å². The Labute approximate surface area is 194 Å². The minimum Gasteiger partial charge on any atom is -0.465 e. The number of hydrogen-bond acceptors (Lipinski definition) is 5. The second-order valence-electron chi connectivity index (χ2n) is 7.98. The molecule has 9 heteroatoms. The van der Waals surface area contributed by atoms with Crippen molar-refractivity contribution < 1.29 is 19.5 Å². The molecule has 0 aliphatic carbocycles. The molecule has 2 aromatic heterocycles. The zero-order valence-corrected chi connectivity index (χ0v) is 19.1. The summed E-state index contributed by atoms with van der Waals surface area (Å²) in [6.45, 7) is 2.61. The first-order valence-corrected chi connectivity index (χ1v) is 11.3. The van der Waals surface area contributed by atoms with E-state index in [-0.39, 0.29) is 5.91 Å². The van der Waals surface area contributed by atoms with Gasteiger partial charge in [-0.05, 0) is 60.1 Å². The zero-order chi connectivity index (χ0) is 23.5. The molecule has 0 saturated carbocycles. The number of carboxylic acid groups (broad SMARTS) is 1. The van der Waals surface area contributed by atoms with Crippen molar-refractivity contribution in [2.45, 2.75) is 32.4 Å². The van der Waals surface area contributed by atoms with Crippen molar-refractivity contribution in [3.8, 4) is 0 Å². The van der Waals surface area contributed by atoms with Crippen LogP contribution in [-0.4, -0.2) is 46.0 Å². The summed E-state index contributed by atoms with van der Waals surface area (Å²) in [5, 5.41) is 15.0. The standard InChI is InChI=1S/C24H24N4O4S/c1-14-17-5-3-4-6-19(17)33-20(14)13-28(2)21(29)10-7-15-11-16-8-9-18(26-24(31)32)23(30)27-22(16)25-12-15/h3-7,10-12,18,26H,8-9,13H2,1-2H3,(H,31,32)(H,25,27,30). The number of hydrogen-bond donors (Lipinski definition) is 3. The van der Waals surface area contributed by atoms with Gasteiger partial charge in [-0.25, -0.2) is 9.78 Å². The van der Waals surface area contributed by atoms with Gasteiger partial charge in [0.05, 0.1) is 6.54 Å². The minimum absolute atomic E-state index is 0.124. The van der Waals surface area contributed by atoms with Crippen molar-refractivity contribution in [1.29, 1.82) is 0 Å². The highest BCUT2D eigenvalue weighted by Crippen LogP contribution is 2.31. The number of likely N-dealkylation sites (N-methyl/N-ethyl adjacent to an activating group) is 1. The molecule has 0 spiro atoms. The van der Waals surface area contributed by atoms with Crippen LogP contribution in [0.5, 0.6) is 0 Å². The fraction of sp³-hybridized carbons (Fsp3) is 0.250. The van der Waals surface area contributed by atoms with Crippen LogP contribution < -0.4 is 10.6 Å². The highest BCUT2D eigenvalue weighted by molar-refractivity contribution is 7.19. The normalized spacial score (nSPS) is 15.7. The lowest BCUT2D eigenvalue weighted by molar-refractivity contribution is -0.125. The molecule has 1 unspecified atom stereocenters. The van der Waals surface area contributed by atoms with Gasteiger partial charge in [0.15, 0.2) is 0 Å². The van der Waals surface area contributed by atoms with E-state index in [0.717, 1.165) is 16.0 Å². The zero-order valence-electron chi connectivity index (χ0n) is 18.3. The van der Waals surface area contributed by atoms with Crippen LogP contribution >= 0.6 is 11.3 Å². The Hall–Kier alpha value is -3.72. The van der Waals surface area contributed by atoms with E-state index in [1.165, 1.54) is 21.7 Å². The van der Waals surface area contributed by atoms with Gasteiger partial charge >= 0.3 is 6.09 Å². The van der Waals surface area contributed by atoms with E-state index in [2.05, 4.69) is 34.7 Å². The fourth-order valence-electron chi connectivity index (χ4n) is 3.81. The number of thiophene rings is 1. The van der Waals surface area contributed by atoms with Gasteiger partial charge < -0.3 is 20.6 Å². The van der Waals surface area contributed by atoms with Crippen LogP contribution in [0.25, 0.3) is 16.2 Å². The number of amides is 3. The molecule has 1 aliphatic rings. The second-order valence-corrected chi connectivity index (χ2v) is 9.12. The summed E-state index contributed by atoms with van der Waals surface area (Å²) in [5.74, 6) is -0.142. The minimum atomic E-state index is -1.24. The molecule has 0 radical (unpaired) electrons. The predicted molar refractivity (Wildman–Crippen MR) is 128 cm³/mol. The Morgan fingerprint density at radius 1 is 1.36 bits per heavy atom. The van der Waals surface area contributed by atoms with Gasteiger partial charge in [0, 0.05) is 28.9 Å². The van der Waals surface area contributed by atoms with Crippen LogP contribution in [-0.2, 0) is 22.6 Å². The Kier molecular flexibility index (Phi) is 6.41. The summed E-state index contributed by atoms with van der Waals surface area (Å²) in [7, 11) is 1.77. The van der Waals surface area contributed by atoms with E-state index in [1.54, 1.807) is 35.6 Å². The van der Waals surface area contributed by atoms with Crippen LogP contribution in [0.15, 0.2) is 42.6 Å². The van der Waals surface area contributed by atoms with E-state index < -0.39 is 18.0 Å². The van der Waals surface area contributed by atoms with Crippen molar-refractivity contribution in [2.24, 2.45) is 0 Å². The number of carbonyl (C=O) groups excluding carboxylic acids is 2. The maximum Gasteiger partial charge on any atom is 0.405 e. The number of rotatable bonds is 5. The van der Waals surface area contributed by atoms with Gasteiger partial charge in [0.2, 0.25) is 11.8 Å². The number of nitrogens with zero attached hydrogens (tertiary/aromatic N) is 2. The summed E-state index contributed by atoms with van der Waals surface area (Å²) in [4.78, 5) is 42.9. The first-order valence-electron chi connectivity index (χ1n) is 10.5. The summed E-state index contributed by atoms with van der Waals surface area (Å²) in [5.41, 5.74) is 2.72. The Balaban J connectivity index is 1.43. The average molecular weight is 465 g/mol. The van der Waals surface area contributed by atoms with Crippen LogP contribution in [0.3, 0.4) is 0 Å². The van der Waals surface area contributed by atoms with Crippen molar-refractivity contribution in [3.63, 3.8) is 0 Å². The Morgan fingerprint density at radius 3 is 2.91 bits per heavy atom. The Bertz CT molecular complexity index is 1270.